The van der Waals surface area contributed by atoms with Crippen molar-refractivity contribution in [1.29, 1.82) is 0 Å². The number of likely N-dealkylation sites (tertiary alicyclic amines) is 1. The highest BCUT2D eigenvalue weighted by Crippen LogP contribution is 2.39. The average molecular weight is 360 g/mol. The van der Waals surface area contributed by atoms with Crippen LogP contribution in [0, 0.1) is 24.0 Å². The van der Waals surface area contributed by atoms with E-state index >= 15 is 0 Å². The molecule has 1 aliphatic rings. The Kier molecular flexibility index (Phi) is 5.13. The summed E-state index contributed by atoms with van der Waals surface area (Å²) in [6, 6.07) is 5.96. The van der Waals surface area contributed by atoms with Crippen molar-refractivity contribution in [3.05, 3.63) is 45.3 Å². The van der Waals surface area contributed by atoms with Gasteiger partial charge in [0.15, 0.2) is 0 Å². The molecule has 2 aromatic rings. The lowest BCUT2D eigenvalue weighted by atomic mass is 10.0. The molecule has 3 rings (SSSR count). The third kappa shape index (κ3) is 3.24. The quantitative estimate of drug-likeness (QED) is 0.581. The van der Waals surface area contributed by atoms with Gasteiger partial charge in [-0.25, -0.2) is 4.68 Å². The predicted molar refractivity (Wildman–Crippen MR) is 96.6 cm³/mol. The zero-order chi connectivity index (χ0) is 18.8. The molecule has 0 unspecified atom stereocenters. The van der Waals surface area contributed by atoms with E-state index in [4.69, 9.17) is 9.47 Å². The van der Waals surface area contributed by atoms with Gasteiger partial charge in [-0.05, 0) is 44.9 Å². The first-order chi connectivity index (χ1) is 12.5. The minimum atomic E-state index is -0.360. The van der Waals surface area contributed by atoms with E-state index in [9.17, 15) is 10.1 Å². The van der Waals surface area contributed by atoms with Gasteiger partial charge in [0.05, 0.1) is 25.8 Å². The van der Waals surface area contributed by atoms with Crippen LogP contribution in [0.3, 0.4) is 0 Å². The summed E-state index contributed by atoms with van der Waals surface area (Å²) in [4.78, 5) is 13.2. The Labute approximate surface area is 152 Å². The first-order valence-electron chi connectivity index (χ1n) is 8.60. The van der Waals surface area contributed by atoms with Crippen LogP contribution in [0.2, 0.25) is 0 Å². The number of aromatic nitrogens is 2. The monoisotopic (exact) mass is 360 g/mol. The molecular weight excluding hydrogens is 336 g/mol. The van der Waals surface area contributed by atoms with Gasteiger partial charge in [-0.2, -0.15) is 5.10 Å². The van der Waals surface area contributed by atoms with Crippen molar-refractivity contribution in [2.24, 2.45) is 0 Å². The van der Waals surface area contributed by atoms with Crippen LogP contribution in [0.5, 0.6) is 11.5 Å². The highest BCUT2D eigenvalue weighted by molar-refractivity contribution is 5.43. The van der Waals surface area contributed by atoms with Crippen molar-refractivity contribution < 1.29 is 14.4 Å². The average Bonchev–Trinajstić information content (AvgIpc) is 3.18. The predicted octanol–water partition coefficient (Wildman–Crippen LogP) is 3.22. The topological polar surface area (TPSA) is 82.7 Å². The number of hydrogen-bond acceptors (Lipinski definition) is 6. The molecule has 2 heterocycles. The van der Waals surface area contributed by atoms with Gasteiger partial charge in [-0.1, -0.05) is 0 Å². The number of nitrogens with zero attached hydrogens (tertiary/aromatic N) is 4. The smallest absolute Gasteiger partial charge is 0.312 e. The largest absolute Gasteiger partial charge is 0.497 e. The van der Waals surface area contributed by atoms with Gasteiger partial charge >= 0.3 is 5.69 Å². The summed E-state index contributed by atoms with van der Waals surface area (Å²) in [6.07, 6.45) is 2.04. The van der Waals surface area contributed by atoms with E-state index in [0.29, 0.717) is 18.1 Å². The maximum absolute atomic E-state index is 11.2. The SMILES string of the molecule is COc1ccc(OC)c([C@H]2CCCN2Cn2nc(C)c([N+](=O)[O-])c2C)c1. The number of aryl methyl sites for hydroxylation is 1. The molecule has 1 aromatic carbocycles. The fourth-order valence-corrected chi connectivity index (χ4v) is 3.71. The number of hydrogen-bond donors (Lipinski definition) is 0. The first kappa shape index (κ1) is 18.2. The van der Waals surface area contributed by atoms with Crippen molar-refractivity contribution in [2.45, 2.75) is 39.4 Å². The van der Waals surface area contributed by atoms with Gasteiger partial charge in [0.25, 0.3) is 0 Å². The molecule has 0 aliphatic carbocycles. The Morgan fingerprint density at radius 2 is 2.08 bits per heavy atom. The minimum absolute atomic E-state index is 0.0970. The van der Waals surface area contributed by atoms with Crippen molar-refractivity contribution in [3.63, 3.8) is 0 Å². The van der Waals surface area contributed by atoms with Crippen molar-refractivity contribution >= 4 is 5.69 Å². The summed E-state index contributed by atoms with van der Waals surface area (Å²) in [6.45, 7) is 4.83. The minimum Gasteiger partial charge on any atom is -0.497 e. The molecule has 1 atom stereocenters. The third-order valence-electron chi connectivity index (χ3n) is 5.00. The molecule has 0 bridgehead atoms. The van der Waals surface area contributed by atoms with Crippen molar-refractivity contribution in [2.75, 3.05) is 20.8 Å². The van der Waals surface area contributed by atoms with Crippen LogP contribution in [0.25, 0.3) is 0 Å². The molecular formula is C18H24N4O4. The molecule has 8 heteroatoms. The second-order valence-electron chi connectivity index (χ2n) is 6.50. The summed E-state index contributed by atoms with van der Waals surface area (Å²) in [5.74, 6) is 1.61. The Morgan fingerprint density at radius 1 is 1.31 bits per heavy atom. The summed E-state index contributed by atoms with van der Waals surface area (Å²) in [5, 5.41) is 15.6. The number of ether oxygens (including phenoxy) is 2. The van der Waals surface area contributed by atoms with Crippen LogP contribution in [-0.2, 0) is 6.67 Å². The van der Waals surface area contributed by atoms with E-state index in [-0.39, 0.29) is 16.7 Å². The highest BCUT2D eigenvalue weighted by atomic mass is 16.6. The lowest BCUT2D eigenvalue weighted by Crippen LogP contribution is -2.27. The second-order valence-corrected chi connectivity index (χ2v) is 6.50. The standard InChI is InChI=1S/C18H24N4O4/c1-12-18(22(23)24)13(2)21(19-12)11-20-9-5-6-16(20)15-10-14(25-3)7-8-17(15)26-4/h7-8,10,16H,5-6,9,11H2,1-4H3/t16-/m1/s1. The Bertz CT molecular complexity index is 818. The lowest BCUT2D eigenvalue weighted by Gasteiger charge is -2.26. The van der Waals surface area contributed by atoms with E-state index in [1.165, 1.54) is 0 Å². The molecule has 0 saturated carbocycles. The number of rotatable bonds is 6. The molecule has 140 valence electrons. The Morgan fingerprint density at radius 3 is 2.69 bits per heavy atom. The van der Waals surface area contributed by atoms with Crippen LogP contribution < -0.4 is 9.47 Å². The van der Waals surface area contributed by atoms with Gasteiger partial charge < -0.3 is 9.47 Å². The molecule has 1 fully saturated rings. The fourth-order valence-electron chi connectivity index (χ4n) is 3.71. The van der Waals surface area contributed by atoms with E-state index < -0.39 is 0 Å². The van der Waals surface area contributed by atoms with Gasteiger partial charge in [0.2, 0.25) is 0 Å². The summed E-state index contributed by atoms with van der Waals surface area (Å²) in [7, 11) is 3.31. The van der Waals surface area contributed by atoms with Crippen LogP contribution in [0.4, 0.5) is 5.69 Å². The summed E-state index contributed by atoms with van der Waals surface area (Å²) >= 11 is 0. The molecule has 1 aliphatic heterocycles. The van der Waals surface area contributed by atoms with Crippen molar-refractivity contribution in [3.8, 4) is 11.5 Å². The van der Waals surface area contributed by atoms with Crippen LogP contribution in [-0.4, -0.2) is 40.4 Å². The zero-order valence-electron chi connectivity index (χ0n) is 15.6. The molecule has 0 radical (unpaired) electrons. The lowest BCUT2D eigenvalue weighted by molar-refractivity contribution is -0.386. The molecule has 1 aromatic heterocycles. The molecule has 0 N–H and O–H groups in total. The summed E-state index contributed by atoms with van der Waals surface area (Å²) in [5.41, 5.74) is 2.19. The van der Waals surface area contributed by atoms with E-state index in [1.54, 1.807) is 32.7 Å². The molecule has 0 amide bonds. The van der Waals surface area contributed by atoms with Gasteiger partial charge in [0.1, 0.15) is 22.9 Å². The van der Waals surface area contributed by atoms with Gasteiger partial charge in [-0.15, -0.1) is 0 Å². The molecule has 1 saturated heterocycles. The second kappa shape index (κ2) is 7.33. The van der Waals surface area contributed by atoms with Gasteiger partial charge in [-0.3, -0.25) is 15.0 Å². The highest BCUT2D eigenvalue weighted by Gasteiger charge is 2.31. The van der Waals surface area contributed by atoms with Crippen LogP contribution >= 0.6 is 0 Å². The number of nitro groups is 1. The third-order valence-corrected chi connectivity index (χ3v) is 5.00. The zero-order valence-corrected chi connectivity index (χ0v) is 15.6. The normalized spacial score (nSPS) is 17.5. The van der Waals surface area contributed by atoms with E-state index in [2.05, 4.69) is 10.00 Å². The summed E-state index contributed by atoms with van der Waals surface area (Å²) < 4.78 is 12.6. The van der Waals surface area contributed by atoms with E-state index in [0.717, 1.165) is 36.4 Å². The molecule has 26 heavy (non-hydrogen) atoms. The van der Waals surface area contributed by atoms with Crippen LogP contribution in [0.15, 0.2) is 18.2 Å². The van der Waals surface area contributed by atoms with Gasteiger partial charge in [0, 0.05) is 18.2 Å². The maximum atomic E-state index is 11.2. The van der Waals surface area contributed by atoms with Crippen LogP contribution in [0.1, 0.15) is 35.8 Å². The molecule has 8 nitrogen and oxygen atoms in total. The first-order valence-corrected chi connectivity index (χ1v) is 8.60. The Balaban J connectivity index is 1.90. The van der Waals surface area contributed by atoms with E-state index in [1.807, 2.05) is 18.2 Å². The Hall–Kier alpha value is -2.61. The maximum Gasteiger partial charge on any atom is 0.312 e. The number of methoxy groups -OCH3 is 2. The number of benzene rings is 1. The molecule has 0 spiro atoms. The fraction of sp³-hybridized carbons (Fsp3) is 0.500. The van der Waals surface area contributed by atoms with Crippen molar-refractivity contribution in [1.82, 2.24) is 14.7 Å².